The fraction of sp³-hybridized carbons (Fsp3) is 0.167. The van der Waals surface area contributed by atoms with Crippen molar-refractivity contribution in [3.05, 3.63) is 59.2 Å². The van der Waals surface area contributed by atoms with Crippen molar-refractivity contribution in [1.82, 2.24) is 0 Å². The van der Waals surface area contributed by atoms with E-state index in [4.69, 9.17) is 14.6 Å². The fourth-order valence-electron chi connectivity index (χ4n) is 2.39. The Balaban J connectivity index is 1.93. The number of aryl methyl sites for hydroxylation is 1. The van der Waals surface area contributed by atoms with Crippen LogP contribution in [0.25, 0.3) is 6.08 Å². The molecule has 0 fully saturated rings. The van der Waals surface area contributed by atoms with Gasteiger partial charge < -0.3 is 14.6 Å². The summed E-state index contributed by atoms with van der Waals surface area (Å²) in [5.41, 5.74) is 0.432. The van der Waals surface area contributed by atoms with E-state index in [1.807, 2.05) is 19.1 Å². The van der Waals surface area contributed by atoms with Crippen LogP contribution in [0.5, 0.6) is 17.2 Å². The number of halogens is 3. The van der Waals surface area contributed by atoms with Crippen LogP contribution >= 0.6 is 0 Å². The first-order valence-corrected chi connectivity index (χ1v) is 7.31. The van der Waals surface area contributed by atoms with E-state index in [2.05, 4.69) is 0 Å². The molecule has 0 aromatic heterocycles. The zero-order valence-electron chi connectivity index (χ0n) is 13.0. The maximum Gasteiger partial charge on any atom is 0.430 e. The molecule has 0 radical (unpaired) electrons. The van der Waals surface area contributed by atoms with Gasteiger partial charge in [0.25, 0.3) is 0 Å². The quantitative estimate of drug-likeness (QED) is 0.880. The number of benzene rings is 2. The van der Waals surface area contributed by atoms with Gasteiger partial charge in [-0.15, -0.1) is 0 Å². The zero-order valence-corrected chi connectivity index (χ0v) is 13.0. The highest BCUT2D eigenvalue weighted by atomic mass is 19.4. The Morgan fingerprint density at radius 3 is 2.36 bits per heavy atom. The Labute approximate surface area is 141 Å². The molecule has 1 heterocycles. The molecule has 0 saturated heterocycles. The molecule has 0 spiro atoms. The number of hydrogen-bond donors (Lipinski definition) is 1. The predicted molar refractivity (Wildman–Crippen MR) is 83.8 cm³/mol. The summed E-state index contributed by atoms with van der Waals surface area (Å²) >= 11 is 0. The number of hydrogen-bond acceptors (Lipinski definition) is 3. The number of carbonyl (C=O) groups is 1. The summed E-state index contributed by atoms with van der Waals surface area (Å²) in [6.45, 7) is 1.92. The normalized spacial score (nSPS) is 16.5. The molecule has 4 nitrogen and oxygen atoms in total. The molecule has 2 aromatic carbocycles. The Bertz CT molecular complexity index is 838. The third kappa shape index (κ3) is 3.60. The van der Waals surface area contributed by atoms with E-state index in [0.29, 0.717) is 5.75 Å². The van der Waals surface area contributed by atoms with Crippen LogP contribution in [0.1, 0.15) is 11.1 Å². The maximum absolute atomic E-state index is 13.1. The number of rotatable bonds is 3. The van der Waals surface area contributed by atoms with Gasteiger partial charge in [0.2, 0.25) is 6.10 Å². The second kappa shape index (κ2) is 6.16. The first-order chi connectivity index (χ1) is 11.7. The van der Waals surface area contributed by atoms with Crippen LogP contribution in [0.4, 0.5) is 13.2 Å². The van der Waals surface area contributed by atoms with Gasteiger partial charge in [-0.25, -0.2) is 4.79 Å². The predicted octanol–water partition coefficient (Wildman–Crippen LogP) is 4.58. The highest BCUT2D eigenvalue weighted by Crippen LogP contribution is 2.39. The van der Waals surface area contributed by atoms with E-state index >= 15 is 0 Å². The number of alkyl halides is 3. The maximum atomic E-state index is 13.1. The number of fused-ring (bicyclic) bond motifs is 1. The van der Waals surface area contributed by atoms with E-state index in [1.54, 1.807) is 12.1 Å². The van der Waals surface area contributed by atoms with Crippen LogP contribution in [0, 0.1) is 6.92 Å². The molecular weight excluding hydrogens is 337 g/mol. The van der Waals surface area contributed by atoms with Gasteiger partial charge in [-0.2, -0.15) is 13.2 Å². The molecule has 0 bridgehead atoms. The lowest BCUT2D eigenvalue weighted by atomic mass is 10.0. The summed E-state index contributed by atoms with van der Waals surface area (Å²) < 4.78 is 49.7. The van der Waals surface area contributed by atoms with E-state index in [1.165, 1.54) is 18.2 Å². The van der Waals surface area contributed by atoms with E-state index < -0.39 is 23.8 Å². The summed E-state index contributed by atoms with van der Waals surface area (Å²) in [4.78, 5) is 11.1. The molecule has 1 unspecified atom stereocenters. The zero-order chi connectivity index (χ0) is 18.2. The van der Waals surface area contributed by atoms with E-state index in [0.717, 1.165) is 11.6 Å². The lowest BCUT2D eigenvalue weighted by molar-refractivity contribution is -0.187. The molecule has 1 N–H and O–H groups in total. The van der Waals surface area contributed by atoms with E-state index in [-0.39, 0.29) is 17.1 Å². The monoisotopic (exact) mass is 350 g/mol. The Morgan fingerprint density at radius 1 is 1.12 bits per heavy atom. The first-order valence-electron chi connectivity index (χ1n) is 7.31. The van der Waals surface area contributed by atoms with Crippen molar-refractivity contribution in [2.75, 3.05) is 0 Å². The van der Waals surface area contributed by atoms with Gasteiger partial charge in [-0.1, -0.05) is 17.7 Å². The summed E-state index contributed by atoms with van der Waals surface area (Å²) in [5, 5.41) is 9.00. The van der Waals surface area contributed by atoms with Crippen molar-refractivity contribution in [2.24, 2.45) is 0 Å². The topological polar surface area (TPSA) is 55.8 Å². The molecule has 7 heteroatoms. The molecule has 25 heavy (non-hydrogen) atoms. The summed E-state index contributed by atoms with van der Waals surface area (Å²) in [5.74, 6) is -0.948. The minimum atomic E-state index is -4.84. The highest BCUT2D eigenvalue weighted by molar-refractivity contribution is 5.95. The largest absolute Gasteiger partial charge is 0.478 e. The summed E-state index contributed by atoms with van der Waals surface area (Å²) in [7, 11) is 0. The third-order valence-corrected chi connectivity index (χ3v) is 3.62. The number of carboxylic acids is 1. The fourth-order valence-corrected chi connectivity index (χ4v) is 2.39. The van der Waals surface area contributed by atoms with Crippen molar-refractivity contribution in [1.29, 1.82) is 0 Å². The van der Waals surface area contributed by atoms with Gasteiger partial charge in [0.1, 0.15) is 17.2 Å². The van der Waals surface area contributed by atoms with Crippen molar-refractivity contribution < 1.29 is 32.5 Å². The van der Waals surface area contributed by atoms with Crippen LogP contribution in [-0.4, -0.2) is 23.4 Å². The third-order valence-electron chi connectivity index (χ3n) is 3.62. The van der Waals surface area contributed by atoms with Crippen LogP contribution in [0.3, 0.4) is 0 Å². The Kier molecular flexibility index (Phi) is 4.16. The molecular formula is C18H13F3O4. The van der Waals surface area contributed by atoms with Crippen molar-refractivity contribution >= 4 is 12.0 Å². The molecule has 1 aliphatic heterocycles. The lowest BCUT2D eigenvalue weighted by Gasteiger charge is -2.27. The number of carboxylic acid groups (broad SMARTS) is 1. The number of aliphatic carboxylic acids is 1. The van der Waals surface area contributed by atoms with Crippen LogP contribution in [0.2, 0.25) is 0 Å². The van der Waals surface area contributed by atoms with Gasteiger partial charge in [-0.05, 0) is 37.3 Å². The molecule has 130 valence electrons. The standard InChI is InChI=1S/C18H13F3O4/c1-10-2-5-12(6-3-10)24-13-7-4-11-8-14(17(22)23)16(18(19,20)21)25-15(11)9-13/h2-9,16H,1H3,(H,22,23). The molecule has 1 atom stereocenters. The van der Waals surface area contributed by atoms with Crippen LogP contribution in [0.15, 0.2) is 48.0 Å². The minimum absolute atomic E-state index is 0.0862. The first kappa shape index (κ1) is 16.9. The molecule has 0 saturated carbocycles. The Hall–Kier alpha value is -2.96. The van der Waals surface area contributed by atoms with E-state index in [9.17, 15) is 18.0 Å². The lowest BCUT2D eigenvalue weighted by Crippen LogP contribution is -2.40. The minimum Gasteiger partial charge on any atom is -0.478 e. The smallest absolute Gasteiger partial charge is 0.430 e. The SMILES string of the molecule is Cc1ccc(Oc2ccc3c(c2)OC(C(F)(F)F)C(C(=O)O)=C3)cc1. The van der Waals surface area contributed by atoms with Crippen LogP contribution < -0.4 is 9.47 Å². The van der Waals surface area contributed by atoms with Gasteiger partial charge in [0.05, 0.1) is 5.57 Å². The van der Waals surface area contributed by atoms with Gasteiger partial charge in [-0.3, -0.25) is 0 Å². The average Bonchev–Trinajstić information content (AvgIpc) is 2.55. The van der Waals surface area contributed by atoms with Gasteiger partial charge in [0.15, 0.2) is 0 Å². The second-order valence-corrected chi connectivity index (χ2v) is 5.56. The van der Waals surface area contributed by atoms with Crippen molar-refractivity contribution in [2.45, 2.75) is 19.2 Å². The Morgan fingerprint density at radius 2 is 1.76 bits per heavy atom. The highest BCUT2D eigenvalue weighted by Gasteiger charge is 2.48. The average molecular weight is 350 g/mol. The summed E-state index contributed by atoms with van der Waals surface area (Å²) in [6, 6.07) is 11.4. The number of ether oxygens (including phenoxy) is 2. The van der Waals surface area contributed by atoms with Crippen LogP contribution in [-0.2, 0) is 4.79 Å². The van der Waals surface area contributed by atoms with Crippen molar-refractivity contribution in [3.63, 3.8) is 0 Å². The molecule has 0 amide bonds. The summed E-state index contributed by atoms with van der Waals surface area (Å²) in [6.07, 6.45) is -6.39. The molecule has 0 aliphatic carbocycles. The molecule has 1 aliphatic rings. The van der Waals surface area contributed by atoms with Crippen molar-refractivity contribution in [3.8, 4) is 17.2 Å². The molecule has 3 rings (SSSR count). The van der Waals surface area contributed by atoms with Gasteiger partial charge >= 0.3 is 12.1 Å². The van der Waals surface area contributed by atoms with Gasteiger partial charge in [0, 0.05) is 11.6 Å². The molecule has 2 aromatic rings. The second-order valence-electron chi connectivity index (χ2n) is 5.56.